The van der Waals surface area contributed by atoms with Gasteiger partial charge in [0, 0.05) is 16.2 Å². The number of hydrogen-bond acceptors (Lipinski definition) is 6. The van der Waals surface area contributed by atoms with Crippen molar-refractivity contribution in [3.8, 4) is 32.4 Å². The minimum Gasteiger partial charge on any atom is -0.507 e. The predicted molar refractivity (Wildman–Crippen MR) is 120 cm³/mol. The van der Waals surface area contributed by atoms with Crippen molar-refractivity contribution in [1.82, 2.24) is 0 Å². The molecule has 0 unspecified atom stereocenters. The molecule has 0 aliphatic heterocycles. The van der Waals surface area contributed by atoms with Crippen molar-refractivity contribution >= 4 is 34.6 Å². The molecule has 6 nitrogen and oxygen atoms in total. The highest BCUT2D eigenvalue weighted by Gasteiger charge is 2.21. The van der Waals surface area contributed by atoms with Gasteiger partial charge in [-0.1, -0.05) is 12.1 Å². The summed E-state index contributed by atoms with van der Waals surface area (Å²) in [6.07, 6.45) is -0.0450. The topological polar surface area (TPSA) is 115 Å². The zero-order valence-electron chi connectivity index (χ0n) is 15.9. The van der Waals surface area contributed by atoms with E-state index in [1.165, 1.54) is 34.8 Å². The molecular formula is C23H16O6S2. The highest BCUT2D eigenvalue weighted by molar-refractivity contribution is 7.13. The Morgan fingerprint density at radius 2 is 1.13 bits per heavy atom. The number of benzene rings is 2. The molecule has 0 aliphatic rings. The average Bonchev–Trinajstić information content (AvgIpc) is 3.44. The normalized spacial score (nSPS) is 10.8. The molecule has 0 saturated carbocycles. The van der Waals surface area contributed by atoms with Gasteiger partial charge in [-0.3, -0.25) is 0 Å². The lowest BCUT2D eigenvalue weighted by atomic mass is 9.94. The Morgan fingerprint density at radius 1 is 0.710 bits per heavy atom. The number of rotatable bonds is 6. The van der Waals surface area contributed by atoms with Crippen molar-refractivity contribution < 1.29 is 30.0 Å². The fraction of sp³-hybridized carbons (Fsp3) is 0.0435. The van der Waals surface area contributed by atoms with Gasteiger partial charge in [0.15, 0.2) is 0 Å². The summed E-state index contributed by atoms with van der Waals surface area (Å²) in [6.45, 7) is 0. The van der Waals surface area contributed by atoms with Crippen LogP contribution in [0.1, 0.15) is 31.8 Å². The number of aromatic hydroxyl groups is 2. The van der Waals surface area contributed by atoms with Gasteiger partial charge in [-0.05, 0) is 69.4 Å². The summed E-state index contributed by atoms with van der Waals surface area (Å²) in [6, 6.07) is 13.5. The lowest BCUT2D eigenvalue weighted by Crippen LogP contribution is -2.03. The van der Waals surface area contributed by atoms with Crippen molar-refractivity contribution in [3.63, 3.8) is 0 Å². The van der Waals surface area contributed by atoms with E-state index in [9.17, 15) is 30.0 Å². The van der Waals surface area contributed by atoms with Crippen molar-refractivity contribution in [2.45, 2.75) is 6.42 Å². The summed E-state index contributed by atoms with van der Waals surface area (Å²) in [5.41, 5.74) is 1.28. The van der Waals surface area contributed by atoms with Gasteiger partial charge in [0.1, 0.15) is 22.6 Å². The van der Waals surface area contributed by atoms with E-state index in [1.54, 1.807) is 12.1 Å². The summed E-state index contributed by atoms with van der Waals surface area (Å²) < 4.78 is 0. The molecule has 156 valence electrons. The van der Waals surface area contributed by atoms with E-state index < -0.39 is 23.4 Å². The zero-order valence-corrected chi connectivity index (χ0v) is 17.5. The standard InChI is InChI=1S/C23H16O6S2/c24-20-14(7-12(10-16(20)22(26)27)18-3-1-5-30-18)9-15-8-13(19-4-2-6-31-19)11-17(21(15)25)23(28)29/h1-8,10-11,24-25H,9H2,(H,26,27)(H,28,29). The van der Waals surface area contributed by atoms with Gasteiger partial charge in [-0.25, -0.2) is 9.59 Å². The minimum atomic E-state index is -1.28. The molecule has 0 atom stereocenters. The Labute approximate surface area is 184 Å². The van der Waals surface area contributed by atoms with Crippen molar-refractivity contribution in [2.75, 3.05) is 0 Å². The molecular weight excluding hydrogens is 436 g/mol. The van der Waals surface area contributed by atoms with Gasteiger partial charge >= 0.3 is 11.9 Å². The van der Waals surface area contributed by atoms with Crippen LogP contribution in [0.5, 0.6) is 11.5 Å². The summed E-state index contributed by atoms with van der Waals surface area (Å²) in [5, 5.41) is 44.0. The number of carboxylic acids is 2. The highest BCUT2D eigenvalue weighted by Crippen LogP contribution is 2.38. The van der Waals surface area contributed by atoms with Crippen LogP contribution in [-0.2, 0) is 6.42 Å². The second-order valence-corrected chi connectivity index (χ2v) is 8.70. The number of thiophene rings is 2. The molecule has 0 aliphatic carbocycles. The first-order valence-corrected chi connectivity index (χ1v) is 10.9. The molecule has 0 spiro atoms. The van der Waals surface area contributed by atoms with Gasteiger partial charge in [0.05, 0.1) is 0 Å². The van der Waals surface area contributed by atoms with Crippen LogP contribution in [0.25, 0.3) is 20.9 Å². The van der Waals surface area contributed by atoms with Gasteiger partial charge in [0.2, 0.25) is 0 Å². The van der Waals surface area contributed by atoms with Crippen LogP contribution in [0.4, 0.5) is 0 Å². The Balaban J connectivity index is 1.87. The molecule has 31 heavy (non-hydrogen) atoms. The van der Waals surface area contributed by atoms with Crippen LogP contribution in [-0.4, -0.2) is 32.4 Å². The first-order valence-electron chi connectivity index (χ1n) is 9.11. The lowest BCUT2D eigenvalue weighted by molar-refractivity contribution is 0.0682. The third-order valence-electron chi connectivity index (χ3n) is 4.83. The molecule has 8 heteroatoms. The molecule has 0 saturated heterocycles. The Hall–Kier alpha value is -3.62. The van der Waals surface area contributed by atoms with Crippen LogP contribution in [0.2, 0.25) is 0 Å². The summed E-state index contributed by atoms with van der Waals surface area (Å²) in [5.74, 6) is -3.38. The molecule has 4 rings (SSSR count). The molecule has 0 fully saturated rings. The first-order chi connectivity index (χ1) is 14.8. The molecule has 2 heterocycles. The largest absolute Gasteiger partial charge is 0.507 e. The smallest absolute Gasteiger partial charge is 0.339 e. The number of aromatic carboxylic acids is 2. The maximum absolute atomic E-state index is 11.7. The van der Waals surface area contributed by atoms with Gasteiger partial charge in [-0.15, -0.1) is 22.7 Å². The summed E-state index contributed by atoms with van der Waals surface area (Å²) in [7, 11) is 0. The maximum atomic E-state index is 11.7. The quantitative estimate of drug-likeness (QED) is 0.305. The minimum absolute atomic E-state index is 0.0450. The van der Waals surface area contributed by atoms with Crippen molar-refractivity contribution in [3.05, 3.63) is 81.5 Å². The molecule has 4 N–H and O–H groups in total. The fourth-order valence-electron chi connectivity index (χ4n) is 3.36. The SMILES string of the molecule is O=C(O)c1cc(-c2cccs2)cc(Cc2cc(-c3cccs3)cc(C(=O)O)c2O)c1O. The Bertz CT molecular complexity index is 1170. The summed E-state index contributed by atoms with van der Waals surface area (Å²) in [4.78, 5) is 25.0. The van der Waals surface area contributed by atoms with Gasteiger partial charge in [0.25, 0.3) is 0 Å². The van der Waals surface area contributed by atoms with E-state index in [2.05, 4.69) is 0 Å². The van der Waals surface area contributed by atoms with E-state index in [0.29, 0.717) is 11.1 Å². The number of carbonyl (C=O) groups is 2. The highest BCUT2D eigenvalue weighted by atomic mass is 32.1. The fourth-order valence-corrected chi connectivity index (χ4v) is 4.79. The maximum Gasteiger partial charge on any atom is 0.339 e. The molecule has 0 bridgehead atoms. The van der Waals surface area contributed by atoms with Crippen molar-refractivity contribution in [1.29, 1.82) is 0 Å². The molecule has 0 amide bonds. The third-order valence-corrected chi connectivity index (χ3v) is 6.67. The van der Waals surface area contributed by atoms with E-state index in [0.717, 1.165) is 9.75 Å². The van der Waals surface area contributed by atoms with E-state index in [4.69, 9.17) is 0 Å². The molecule has 2 aromatic carbocycles. The Morgan fingerprint density at radius 3 is 1.45 bits per heavy atom. The van der Waals surface area contributed by atoms with E-state index in [1.807, 2.05) is 35.0 Å². The molecule has 4 aromatic rings. The average molecular weight is 453 g/mol. The second kappa shape index (κ2) is 8.25. The van der Waals surface area contributed by atoms with Crippen LogP contribution < -0.4 is 0 Å². The zero-order chi connectivity index (χ0) is 22.1. The lowest BCUT2D eigenvalue weighted by Gasteiger charge is -2.14. The van der Waals surface area contributed by atoms with Gasteiger partial charge in [-0.2, -0.15) is 0 Å². The second-order valence-electron chi connectivity index (χ2n) is 6.80. The summed E-state index contributed by atoms with van der Waals surface area (Å²) >= 11 is 2.85. The monoisotopic (exact) mass is 452 g/mol. The number of carboxylic acid groups (broad SMARTS) is 2. The third kappa shape index (κ3) is 4.03. The predicted octanol–water partition coefficient (Wildman–Crippen LogP) is 5.54. The first kappa shape index (κ1) is 20.6. The number of phenols is 2. The van der Waals surface area contributed by atoms with Crippen LogP contribution in [0, 0.1) is 0 Å². The van der Waals surface area contributed by atoms with E-state index >= 15 is 0 Å². The number of hydrogen-bond donors (Lipinski definition) is 4. The van der Waals surface area contributed by atoms with Crippen LogP contribution >= 0.6 is 22.7 Å². The van der Waals surface area contributed by atoms with Crippen molar-refractivity contribution in [2.24, 2.45) is 0 Å². The molecule has 0 radical (unpaired) electrons. The van der Waals surface area contributed by atoms with Gasteiger partial charge < -0.3 is 20.4 Å². The molecule has 2 aromatic heterocycles. The van der Waals surface area contributed by atoms with Crippen LogP contribution in [0.15, 0.2) is 59.3 Å². The Kier molecular flexibility index (Phi) is 5.50. The van der Waals surface area contributed by atoms with E-state index in [-0.39, 0.29) is 28.7 Å². The van der Waals surface area contributed by atoms with Crippen LogP contribution in [0.3, 0.4) is 0 Å².